The van der Waals surface area contributed by atoms with Gasteiger partial charge in [-0.1, -0.05) is 0 Å². The lowest BCUT2D eigenvalue weighted by molar-refractivity contribution is -0.342. The van der Waals surface area contributed by atoms with Crippen molar-refractivity contribution in [2.45, 2.75) is 123 Å². The summed E-state index contributed by atoms with van der Waals surface area (Å²) < 4.78 is 35.7. The first-order valence-electron chi connectivity index (χ1n) is 20.1. The first kappa shape index (κ1) is 47.3. The summed E-state index contributed by atoms with van der Waals surface area (Å²) in [5.41, 5.74) is -3.08. The highest BCUT2D eigenvalue weighted by Crippen LogP contribution is 2.52. The lowest BCUT2D eigenvalue weighted by atomic mass is 9.82. The predicted molar refractivity (Wildman–Crippen MR) is 205 cm³/mol. The molecule has 16 N–H and O–H groups in total. The van der Waals surface area contributed by atoms with Crippen molar-refractivity contribution in [3.8, 4) is 28.6 Å². The van der Waals surface area contributed by atoms with E-state index in [0.717, 1.165) is 6.07 Å². The van der Waals surface area contributed by atoms with E-state index in [2.05, 4.69) is 0 Å². The van der Waals surface area contributed by atoms with E-state index in [1.807, 2.05) is 0 Å². The van der Waals surface area contributed by atoms with Crippen LogP contribution in [0.15, 0.2) is 39.5 Å². The molecule has 4 aliphatic rings. The minimum atomic E-state index is -2.18. The molecule has 63 heavy (non-hydrogen) atoms. The molecule has 2 aromatic carbocycles. The zero-order valence-electron chi connectivity index (χ0n) is 33.1. The van der Waals surface area contributed by atoms with Crippen LogP contribution in [0, 0.1) is 5.92 Å². The molecule has 0 amide bonds. The largest absolute Gasteiger partial charge is 0.508 e. The summed E-state index contributed by atoms with van der Waals surface area (Å²) in [6, 6.07) is 6.13. The van der Waals surface area contributed by atoms with Gasteiger partial charge in [0.15, 0.2) is 17.3 Å². The molecule has 23 heteroatoms. The van der Waals surface area contributed by atoms with Crippen molar-refractivity contribution < 1.29 is 110 Å². The molecule has 4 heterocycles. The standard InChI is InChI=1S/C40H52O23/c41-8-12-5-16(47)25(48)18(6-12)59-38-32(55)27(50)20(10-43)61-37(38)24-30(53)23(29(52)22-15(46)7-17(58-35(22)24)13-1-3-14(45)4-2-13)36-39(33(56)28(51)19(9-42)60-36)63-40-34(57)31(54)26(49)21(11-44)62-40/h1-4,7,12,16,18-21,25-28,31-34,36-45,47-57H,5-6,8-11H2. The summed E-state index contributed by atoms with van der Waals surface area (Å²) in [5.74, 6) is -3.31. The molecule has 23 nitrogen and oxygen atoms in total. The van der Waals surface area contributed by atoms with Gasteiger partial charge in [0.2, 0.25) is 0 Å². The van der Waals surface area contributed by atoms with Gasteiger partial charge in [-0.05, 0) is 43.0 Å². The van der Waals surface area contributed by atoms with Crippen LogP contribution in [0.5, 0.6) is 17.2 Å². The number of hydrogen-bond donors (Lipinski definition) is 16. The van der Waals surface area contributed by atoms with Crippen LogP contribution < -0.4 is 5.43 Å². The maximum Gasteiger partial charge on any atom is 0.197 e. The molecule has 7 rings (SSSR count). The fourth-order valence-corrected chi connectivity index (χ4v) is 8.77. The lowest BCUT2D eigenvalue weighted by Crippen LogP contribution is -2.62. The third kappa shape index (κ3) is 8.64. The number of phenolic OH excluding ortho intramolecular Hbond substituents is 3. The van der Waals surface area contributed by atoms with Gasteiger partial charge in [-0.15, -0.1) is 0 Å². The highest BCUT2D eigenvalue weighted by atomic mass is 16.7. The Bertz CT molecular complexity index is 2100. The van der Waals surface area contributed by atoms with Crippen molar-refractivity contribution in [2.75, 3.05) is 26.4 Å². The van der Waals surface area contributed by atoms with Gasteiger partial charge >= 0.3 is 0 Å². The number of rotatable bonds is 11. The second-order valence-electron chi connectivity index (χ2n) is 16.3. The monoisotopic (exact) mass is 900 g/mol. The molecular formula is C40H52O23. The molecule has 19 unspecified atom stereocenters. The molecule has 1 saturated carbocycles. The Kier molecular flexibility index (Phi) is 14.3. The SMILES string of the molecule is O=c1cc(-c2ccc(O)cc2)oc2c(C3OC(CO)C(O)C(O)C3OC3CC(CO)CC(O)C3O)c(O)c(C3OC(CO)C(O)C(O)C3OC3OC(CO)C(O)C(O)C3O)c(O)c12. The van der Waals surface area contributed by atoms with E-state index < -0.39 is 181 Å². The predicted octanol–water partition coefficient (Wildman–Crippen LogP) is -5.05. The molecule has 0 spiro atoms. The van der Waals surface area contributed by atoms with Gasteiger partial charge in [0.25, 0.3) is 0 Å². The van der Waals surface area contributed by atoms with Crippen molar-refractivity contribution in [2.24, 2.45) is 5.92 Å². The Morgan fingerprint density at radius 3 is 1.68 bits per heavy atom. The number of hydrogen-bond acceptors (Lipinski definition) is 23. The summed E-state index contributed by atoms with van der Waals surface area (Å²) in [5, 5.41) is 173. The molecule has 350 valence electrons. The lowest BCUT2D eigenvalue weighted by Gasteiger charge is -2.47. The van der Waals surface area contributed by atoms with Gasteiger partial charge in [0, 0.05) is 18.2 Å². The van der Waals surface area contributed by atoms with Crippen molar-refractivity contribution in [3.05, 3.63) is 51.7 Å². The van der Waals surface area contributed by atoms with E-state index in [4.69, 9.17) is 28.1 Å². The third-order valence-electron chi connectivity index (χ3n) is 12.3. The van der Waals surface area contributed by atoms with E-state index in [-0.39, 0.29) is 29.9 Å². The van der Waals surface area contributed by atoms with Gasteiger partial charge in [0.1, 0.15) is 120 Å². The topological polar surface area (TPSA) is 400 Å². The summed E-state index contributed by atoms with van der Waals surface area (Å²) in [7, 11) is 0. The third-order valence-corrected chi connectivity index (χ3v) is 12.3. The number of phenols is 3. The maximum absolute atomic E-state index is 14.3. The molecule has 1 aliphatic carbocycles. The second kappa shape index (κ2) is 19.0. The average Bonchev–Trinajstić information content (AvgIpc) is 3.26. The molecule has 19 atom stereocenters. The van der Waals surface area contributed by atoms with Crippen LogP contribution in [0.2, 0.25) is 0 Å². The highest BCUT2D eigenvalue weighted by Gasteiger charge is 2.55. The molecule has 4 fully saturated rings. The minimum Gasteiger partial charge on any atom is -0.508 e. The van der Waals surface area contributed by atoms with Gasteiger partial charge in [-0.2, -0.15) is 0 Å². The fraction of sp³-hybridized carbons (Fsp3) is 0.625. The van der Waals surface area contributed by atoms with Crippen molar-refractivity contribution >= 4 is 11.0 Å². The van der Waals surface area contributed by atoms with Gasteiger partial charge in [-0.3, -0.25) is 4.79 Å². The van der Waals surface area contributed by atoms with E-state index >= 15 is 0 Å². The Hall–Kier alpha value is -3.67. The Morgan fingerprint density at radius 2 is 1.11 bits per heavy atom. The average molecular weight is 901 g/mol. The van der Waals surface area contributed by atoms with Gasteiger partial charge in [-0.25, -0.2) is 0 Å². The second-order valence-corrected chi connectivity index (χ2v) is 16.3. The van der Waals surface area contributed by atoms with Gasteiger partial charge < -0.3 is 110 Å². The summed E-state index contributed by atoms with van der Waals surface area (Å²) in [6.07, 6.45) is -34.0. The zero-order chi connectivity index (χ0) is 45.8. The quantitative estimate of drug-likeness (QED) is 0.0856. The van der Waals surface area contributed by atoms with E-state index in [0.29, 0.717) is 0 Å². The molecule has 0 bridgehead atoms. The van der Waals surface area contributed by atoms with Crippen molar-refractivity contribution in [1.29, 1.82) is 0 Å². The number of ether oxygens (including phenoxy) is 5. The maximum atomic E-state index is 14.3. The van der Waals surface area contributed by atoms with E-state index in [1.165, 1.54) is 24.3 Å². The van der Waals surface area contributed by atoms with Crippen LogP contribution >= 0.6 is 0 Å². The highest BCUT2D eigenvalue weighted by molar-refractivity contribution is 5.92. The molecule has 3 aliphatic heterocycles. The van der Waals surface area contributed by atoms with Crippen LogP contribution in [-0.2, 0) is 23.7 Å². The summed E-state index contributed by atoms with van der Waals surface area (Å²) >= 11 is 0. The number of aromatic hydroxyl groups is 3. The smallest absolute Gasteiger partial charge is 0.197 e. The van der Waals surface area contributed by atoms with Crippen LogP contribution in [-0.4, -0.2) is 206 Å². The van der Waals surface area contributed by atoms with Gasteiger partial charge in [0.05, 0.1) is 43.2 Å². The number of fused-ring (bicyclic) bond motifs is 1. The van der Waals surface area contributed by atoms with E-state index in [1.54, 1.807) is 0 Å². The Balaban J connectivity index is 1.46. The Labute approximate surface area is 356 Å². The zero-order valence-corrected chi connectivity index (χ0v) is 33.1. The normalized spacial score (nSPS) is 40.0. The molecule has 3 saturated heterocycles. The molecule has 1 aromatic heterocycles. The number of aliphatic hydroxyl groups is 13. The number of aliphatic hydroxyl groups excluding tert-OH is 13. The van der Waals surface area contributed by atoms with Crippen molar-refractivity contribution in [3.63, 3.8) is 0 Å². The van der Waals surface area contributed by atoms with Crippen molar-refractivity contribution in [1.82, 2.24) is 0 Å². The molecule has 0 radical (unpaired) electrons. The fourth-order valence-electron chi connectivity index (χ4n) is 8.77. The minimum absolute atomic E-state index is 0.0407. The first-order chi connectivity index (χ1) is 29.9. The molecular weight excluding hydrogens is 848 g/mol. The number of benzene rings is 2. The van der Waals surface area contributed by atoms with E-state index in [9.17, 15) is 86.5 Å². The van der Waals surface area contributed by atoms with Crippen LogP contribution in [0.1, 0.15) is 36.2 Å². The summed E-state index contributed by atoms with van der Waals surface area (Å²) in [6.45, 7) is -3.36. The van der Waals surface area contributed by atoms with Crippen LogP contribution in [0.3, 0.4) is 0 Å². The first-order valence-corrected chi connectivity index (χ1v) is 20.1. The van der Waals surface area contributed by atoms with Crippen LogP contribution in [0.25, 0.3) is 22.3 Å². The molecule has 3 aromatic rings. The van der Waals surface area contributed by atoms with Crippen LogP contribution in [0.4, 0.5) is 0 Å². The Morgan fingerprint density at radius 1 is 0.571 bits per heavy atom. The summed E-state index contributed by atoms with van der Waals surface area (Å²) in [4.78, 5) is 14.3.